The van der Waals surface area contributed by atoms with Crippen LogP contribution in [0.25, 0.3) is 0 Å². The lowest BCUT2D eigenvalue weighted by Gasteiger charge is -2.26. The van der Waals surface area contributed by atoms with Crippen molar-refractivity contribution in [3.05, 3.63) is 39.4 Å². The van der Waals surface area contributed by atoms with Crippen molar-refractivity contribution in [1.29, 1.82) is 0 Å². The predicted molar refractivity (Wildman–Crippen MR) is 74.1 cm³/mol. The molecule has 1 fully saturated rings. The molecule has 0 bridgehead atoms. The topological polar surface area (TPSA) is 110 Å². The Hall–Kier alpha value is -2.44. The summed E-state index contributed by atoms with van der Waals surface area (Å²) in [7, 11) is 0. The summed E-state index contributed by atoms with van der Waals surface area (Å²) in [5, 5.41) is 22.6. The van der Waals surface area contributed by atoms with Crippen molar-refractivity contribution in [2.24, 2.45) is 5.92 Å². The minimum Gasteiger partial charge on any atom is -0.480 e. The highest BCUT2D eigenvalue weighted by Crippen LogP contribution is 2.40. The Balaban J connectivity index is 2.24. The highest BCUT2D eigenvalue weighted by atomic mass is 16.6. The zero-order valence-corrected chi connectivity index (χ0v) is 11.8. The number of hydrogen-bond acceptors (Lipinski definition) is 4. The van der Waals surface area contributed by atoms with E-state index in [1.54, 1.807) is 6.92 Å². The first-order valence-electron chi connectivity index (χ1n) is 6.56. The average molecular weight is 292 g/mol. The maximum absolute atomic E-state index is 12.3. The first-order chi connectivity index (χ1) is 9.75. The van der Waals surface area contributed by atoms with Crippen LogP contribution in [0.3, 0.4) is 0 Å². The monoisotopic (exact) mass is 292 g/mol. The van der Waals surface area contributed by atoms with Crippen molar-refractivity contribution in [3.8, 4) is 0 Å². The average Bonchev–Trinajstić information content (AvgIpc) is 3.22. The number of rotatable bonds is 5. The number of carbonyl (C=O) groups excluding carboxylic acids is 1. The molecule has 7 nitrogen and oxygen atoms in total. The van der Waals surface area contributed by atoms with E-state index in [0.717, 1.165) is 12.8 Å². The van der Waals surface area contributed by atoms with E-state index in [2.05, 4.69) is 5.32 Å². The number of nitro benzene ring substituents is 1. The molecule has 21 heavy (non-hydrogen) atoms. The van der Waals surface area contributed by atoms with Gasteiger partial charge in [0.25, 0.3) is 11.6 Å². The van der Waals surface area contributed by atoms with E-state index in [1.807, 2.05) is 0 Å². The number of aliphatic carboxylic acids is 1. The van der Waals surface area contributed by atoms with Crippen LogP contribution in [0.1, 0.15) is 35.7 Å². The van der Waals surface area contributed by atoms with Gasteiger partial charge >= 0.3 is 5.97 Å². The highest BCUT2D eigenvalue weighted by molar-refractivity contribution is 5.99. The first kappa shape index (κ1) is 15.0. The molecule has 112 valence electrons. The van der Waals surface area contributed by atoms with Gasteiger partial charge in [-0.15, -0.1) is 0 Å². The second-order valence-electron chi connectivity index (χ2n) is 5.49. The summed E-state index contributed by atoms with van der Waals surface area (Å²) < 4.78 is 0. The molecule has 1 aliphatic carbocycles. The maximum atomic E-state index is 12.3. The van der Waals surface area contributed by atoms with Crippen LogP contribution in [0, 0.1) is 23.0 Å². The summed E-state index contributed by atoms with van der Waals surface area (Å²) in [6.45, 7) is 3.07. The fraction of sp³-hybridized carbons (Fsp3) is 0.429. The van der Waals surface area contributed by atoms with Gasteiger partial charge in [-0.25, -0.2) is 4.79 Å². The third kappa shape index (κ3) is 2.86. The number of carboxylic acids is 1. The van der Waals surface area contributed by atoms with Gasteiger partial charge in [0.05, 0.1) is 4.92 Å². The zero-order valence-electron chi connectivity index (χ0n) is 11.8. The lowest BCUT2D eigenvalue weighted by atomic mass is 9.95. The van der Waals surface area contributed by atoms with Gasteiger partial charge in [0.2, 0.25) is 0 Å². The molecule has 2 N–H and O–H groups in total. The Morgan fingerprint density at radius 2 is 2.05 bits per heavy atom. The van der Waals surface area contributed by atoms with Crippen LogP contribution in [0.2, 0.25) is 0 Å². The van der Waals surface area contributed by atoms with Gasteiger partial charge in [0, 0.05) is 17.7 Å². The summed E-state index contributed by atoms with van der Waals surface area (Å²) in [4.78, 5) is 33.8. The Morgan fingerprint density at radius 3 is 2.48 bits per heavy atom. The molecule has 1 aromatic carbocycles. The third-order valence-electron chi connectivity index (χ3n) is 3.88. The Kier molecular flexibility index (Phi) is 3.67. The predicted octanol–water partition coefficient (Wildman–Crippen LogP) is 1.89. The van der Waals surface area contributed by atoms with E-state index in [9.17, 15) is 24.8 Å². The molecule has 1 unspecified atom stereocenters. The second-order valence-corrected chi connectivity index (χ2v) is 5.49. The van der Waals surface area contributed by atoms with Gasteiger partial charge in [-0.1, -0.05) is 0 Å². The Morgan fingerprint density at radius 1 is 1.43 bits per heavy atom. The third-order valence-corrected chi connectivity index (χ3v) is 3.88. The molecule has 1 aliphatic rings. The number of nitrogens with one attached hydrogen (secondary N) is 1. The summed E-state index contributed by atoms with van der Waals surface area (Å²) in [5.41, 5.74) is -0.725. The minimum absolute atomic E-state index is 0.0719. The number of aryl methyl sites for hydroxylation is 1. The Labute approximate surface area is 121 Å². The number of benzene rings is 1. The lowest BCUT2D eigenvalue weighted by Crippen LogP contribution is -2.54. The number of hydrogen-bond donors (Lipinski definition) is 2. The van der Waals surface area contributed by atoms with Gasteiger partial charge in [-0.3, -0.25) is 14.9 Å². The van der Waals surface area contributed by atoms with Gasteiger partial charge < -0.3 is 10.4 Å². The standard InChI is InChI=1S/C14H16N2O5/c1-8-7-10(16(20)21)5-6-11(8)12(17)15-14(2,13(18)19)9-3-4-9/h5-7,9H,3-4H2,1-2H3,(H,15,17)(H,18,19). The molecule has 0 aromatic heterocycles. The lowest BCUT2D eigenvalue weighted by molar-refractivity contribution is -0.384. The van der Waals surface area contributed by atoms with Gasteiger partial charge in [-0.05, 0) is 44.2 Å². The van der Waals surface area contributed by atoms with E-state index in [0.29, 0.717) is 5.56 Å². The molecule has 1 amide bonds. The van der Waals surface area contributed by atoms with E-state index in [-0.39, 0.29) is 17.2 Å². The fourth-order valence-electron chi connectivity index (χ4n) is 2.31. The number of nitrogens with zero attached hydrogens (tertiary/aromatic N) is 1. The number of carbonyl (C=O) groups is 2. The van der Waals surface area contributed by atoms with Crippen molar-refractivity contribution < 1.29 is 19.6 Å². The molecule has 0 aliphatic heterocycles. The highest BCUT2D eigenvalue weighted by Gasteiger charge is 2.48. The number of non-ortho nitro benzene ring substituents is 1. The van der Waals surface area contributed by atoms with Crippen LogP contribution < -0.4 is 5.32 Å². The van der Waals surface area contributed by atoms with Gasteiger partial charge in [0.1, 0.15) is 5.54 Å². The van der Waals surface area contributed by atoms with Crippen molar-refractivity contribution in [3.63, 3.8) is 0 Å². The zero-order chi connectivity index (χ0) is 15.8. The molecule has 7 heteroatoms. The van der Waals surface area contributed by atoms with Crippen molar-refractivity contribution in [2.75, 3.05) is 0 Å². The van der Waals surface area contributed by atoms with Crippen LogP contribution in [0.4, 0.5) is 5.69 Å². The van der Waals surface area contributed by atoms with Crippen LogP contribution in [0.5, 0.6) is 0 Å². The molecule has 0 saturated heterocycles. The summed E-state index contributed by atoms with van der Waals surface area (Å²) in [5.74, 6) is -1.67. The molecule has 2 rings (SSSR count). The number of amides is 1. The molecular weight excluding hydrogens is 276 g/mol. The van der Waals surface area contributed by atoms with Crippen LogP contribution >= 0.6 is 0 Å². The van der Waals surface area contributed by atoms with Gasteiger partial charge in [-0.2, -0.15) is 0 Å². The maximum Gasteiger partial charge on any atom is 0.329 e. The summed E-state index contributed by atoms with van der Waals surface area (Å²) in [6, 6.07) is 3.87. The second kappa shape index (κ2) is 5.16. The largest absolute Gasteiger partial charge is 0.480 e. The Bertz CT molecular complexity index is 624. The van der Waals surface area contributed by atoms with E-state index in [4.69, 9.17) is 0 Å². The molecule has 0 heterocycles. The van der Waals surface area contributed by atoms with Crippen molar-refractivity contribution >= 4 is 17.6 Å². The van der Waals surface area contributed by atoms with E-state index in [1.165, 1.54) is 25.1 Å². The van der Waals surface area contributed by atoms with Crippen molar-refractivity contribution in [1.82, 2.24) is 5.32 Å². The van der Waals surface area contributed by atoms with Crippen LogP contribution in [-0.2, 0) is 4.79 Å². The molecule has 0 radical (unpaired) electrons. The summed E-state index contributed by atoms with van der Waals surface area (Å²) in [6.07, 6.45) is 1.53. The smallest absolute Gasteiger partial charge is 0.329 e. The first-order valence-corrected chi connectivity index (χ1v) is 6.56. The molecule has 1 aromatic rings. The van der Waals surface area contributed by atoms with Gasteiger partial charge in [0.15, 0.2) is 0 Å². The quantitative estimate of drug-likeness (QED) is 0.636. The molecular formula is C14H16N2O5. The fourth-order valence-corrected chi connectivity index (χ4v) is 2.31. The number of carboxylic acid groups (broad SMARTS) is 1. The van der Waals surface area contributed by atoms with Crippen LogP contribution in [0.15, 0.2) is 18.2 Å². The summed E-state index contributed by atoms with van der Waals surface area (Å²) >= 11 is 0. The van der Waals surface area contributed by atoms with E-state index >= 15 is 0 Å². The molecule has 1 atom stereocenters. The van der Waals surface area contributed by atoms with Crippen LogP contribution in [-0.4, -0.2) is 27.4 Å². The SMILES string of the molecule is Cc1cc([N+](=O)[O-])ccc1C(=O)NC(C)(C(=O)O)C1CC1. The number of nitro groups is 1. The van der Waals surface area contributed by atoms with Crippen molar-refractivity contribution in [2.45, 2.75) is 32.2 Å². The van der Waals surface area contributed by atoms with E-state index < -0.39 is 22.3 Å². The normalized spacial score (nSPS) is 16.9. The molecule has 0 spiro atoms. The minimum atomic E-state index is -1.30. The molecule has 1 saturated carbocycles.